The Bertz CT molecular complexity index is 1940. The van der Waals surface area contributed by atoms with Gasteiger partial charge in [0.25, 0.3) is 0 Å². The van der Waals surface area contributed by atoms with Crippen LogP contribution in [0.4, 0.5) is 0 Å². The SMILES string of the molecule is CCCCCCCCCCCCCCCCCCCCCCCC(=O)O[C@H](COC(=O)CCCCCCCCCCCCCCCCCC)COP(=O)(O)OC[C@@H](O)COP(=O)(O)OC[C@@H](COC(=O)CCCCCCCCCCC(C)C)OC(=O)CCCCCCCCCCCCC(C)C. The fourth-order valence-electron chi connectivity index (χ4n) is 12.7. The predicted molar refractivity (Wildman–Crippen MR) is 414 cm³/mol. The normalized spacial score (nSPS) is 13.9. The molecule has 0 aromatic rings. The highest BCUT2D eigenvalue weighted by Crippen LogP contribution is 2.45. The third-order valence-corrected chi connectivity index (χ3v) is 21.1. The third-order valence-electron chi connectivity index (χ3n) is 19.2. The number of hydrogen-bond acceptors (Lipinski definition) is 15. The maximum absolute atomic E-state index is 13.1. The van der Waals surface area contributed by atoms with Crippen molar-refractivity contribution in [2.45, 2.75) is 452 Å². The second-order valence-corrected chi connectivity index (χ2v) is 33.4. The Balaban J connectivity index is 5.23. The number of phosphoric ester groups is 2. The molecule has 0 radical (unpaired) electrons. The summed E-state index contributed by atoms with van der Waals surface area (Å²) in [6, 6.07) is 0. The minimum atomic E-state index is -4.96. The van der Waals surface area contributed by atoms with Gasteiger partial charge in [-0.1, -0.05) is 382 Å². The molecule has 0 heterocycles. The van der Waals surface area contributed by atoms with Crippen LogP contribution in [-0.2, 0) is 65.4 Å². The van der Waals surface area contributed by atoms with Gasteiger partial charge in [0.05, 0.1) is 26.4 Å². The second-order valence-electron chi connectivity index (χ2n) is 30.5. The van der Waals surface area contributed by atoms with Crippen LogP contribution in [-0.4, -0.2) is 96.7 Å². The molecule has 3 N–H and O–H groups in total. The molecular weight excluding hydrogens is 1320 g/mol. The molecule has 0 fully saturated rings. The predicted octanol–water partition coefficient (Wildman–Crippen LogP) is 24.7. The summed E-state index contributed by atoms with van der Waals surface area (Å²) >= 11 is 0. The second kappa shape index (κ2) is 73.6. The van der Waals surface area contributed by atoms with Gasteiger partial charge in [-0.3, -0.25) is 37.3 Å². The molecule has 600 valence electrons. The van der Waals surface area contributed by atoms with E-state index in [1.54, 1.807) is 0 Å². The molecule has 0 aromatic heterocycles. The number of hydrogen-bond donors (Lipinski definition) is 3. The number of aliphatic hydroxyl groups is 1. The summed E-state index contributed by atoms with van der Waals surface area (Å²) in [5.41, 5.74) is 0. The lowest BCUT2D eigenvalue weighted by molar-refractivity contribution is -0.161. The van der Waals surface area contributed by atoms with E-state index in [9.17, 15) is 43.2 Å². The third kappa shape index (κ3) is 76.1. The minimum Gasteiger partial charge on any atom is -0.462 e. The number of carbonyl (C=O) groups is 4. The smallest absolute Gasteiger partial charge is 0.462 e. The Morgan fingerprint density at radius 1 is 0.267 bits per heavy atom. The van der Waals surface area contributed by atoms with Gasteiger partial charge in [-0.05, 0) is 37.5 Å². The van der Waals surface area contributed by atoms with Crippen LogP contribution in [0.15, 0.2) is 0 Å². The Morgan fingerprint density at radius 2 is 0.455 bits per heavy atom. The maximum Gasteiger partial charge on any atom is 0.472 e. The largest absolute Gasteiger partial charge is 0.472 e. The van der Waals surface area contributed by atoms with E-state index in [1.165, 1.54) is 250 Å². The summed E-state index contributed by atoms with van der Waals surface area (Å²) < 4.78 is 68.7. The maximum atomic E-state index is 13.1. The van der Waals surface area contributed by atoms with Gasteiger partial charge < -0.3 is 33.8 Å². The van der Waals surface area contributed by atoms with Gasteiger partial charge >= 0.3 is 39.5 Å². The van der Waals surface area contributed by atoms with E-state index >= 15 is 0 Å². The summed E-state index contributed by atoms with van der Waals surface area (Å²) in [6.07, 6.45) is 64.0. The first-order valence-electron chi connectivity index (χ1n) is 42.5. The van der Waals surface area contributed by atoms with Gasteiger partial charge in [-0.2, -0.15) is 0 Å². The summed E-state index contributed by atoms with van der Waals surface area (Å²) in [5, 5.41) is 10.6. The summed E-state index contributed by atoms with van der Waals surface area (Å²) in [6.45, 7) is 9.59. The molecule has 0 rings (SSSR count). The molecule has 2 unspecified atom stereocenters. The van der Waals surface area contributed by atoms with Gasteiger partial charge in [-0.15, -0.1) is 0 Å². The van der Waals surface area contributed by atoms with Crippen molar-refractivity contribution >= 4 is 39.5 Å². The number of ether oxygens (including phenoxy) is 4. The minimum absolute atomic E-state index is 0.106. The highest BCUT2D eigenvalue weighted by molar-refractivity contribution is 7.47. The van der Waals surface area contributed by atoms with Crippen LogP contribution in [0.1, 0.15) is 433 Å². The highest BCUT2D eigenvalue weighted by atomic mass is 31.2. The molecule has 5 atom stereocenters. The number of phosphoric acid groups is 2. The molecule has 101 heavy (non-hydrogen) atoms. The van der Waals surface area contributed by atoms with Crippen molar-refractivity contribution in [1.29, 1.82) is 0 Å². The first kappa shape index (κ1) is 99.1. The molecule has 0 saturated carbocycles. The van der Waals surface area contributed by atoms with Crippen LogP contribution < -0.4 is 0 Å². The number of esters is 4. The molecule has 0 spiro atoms. The first-order chi connectivity index (χ1) is 48.9. The van der Waals surface area contributed by atoms with Crippen molar-refractivity contribution < 1.29 is 80.2 Å². The van der Waals surface area contributed by atoms with Crippen LogP contribution >= 0.6 is 15.6 Å². The molecule has 0 aromatic carbocycles. The molecule has 0 aliphatic heterocycles. The van der Waals surface area contributed by atoms with Gasteiger partial charge in [0.1, 0.15) is 19.3 Å². The standard InChI is InChI=1S/C82H160O17P2/c1-7-9-11-13-15-17-19-21-23-25-26-27-28-29-31-33-35-40-48-54-60-66-81(86)98-77(70-92-79(84)64-58-52-46-39-34-32-30-24-22-20-18-16-14-12-10-8-2)72-96-100(88,89)94-68-76(83)69-95-101(90,91)97-73-78(71-93-80(85)65-59-53-47-43-42-45-51-57-63-75(5)6)99-82(87)67-61-55-49-41-37-36-38-44-50-56-62-74(3)4/h74-78,83H,7-73H2,1-6H3,(H,88,89)(H,90,91)/t76-,77-,78-/m1/s1. The van der Waals surface area contributed by atoms with Crippen molar-refractivity contribution in [3.63, 3.8) is 0 Å². The van der Waals surface area contributed by atoms with E-state index in [0.717, 1.165) is 102 Å². The molecule has 0 saturated heterocycles. The quantitative estimate of drug-likeness (QED) is 0.0222. The van der Waals surface area contributed by atoms with Crippen LogP contribution in [0.3, 0.4) is 0 Å². The van der Waals surface area contributed by atoms with Crippen LogP contribution in [0, 0.1) is 11.8 Å². The van der Waals surface area contributed by atoms with E-state index in [4.69, 9.17) is 37.0 Å². The number of rotatable bonds is 81. The average Bonchev–Trinajstić information content (AvgIpc) is 0.978. The van der Waals surface area contributed by atoms with E-state index in [0.29, 0.717) is 25.7 Å². The average molecular weight is 1480 g/mol. The number of unbranched alkanes of at least 4 members (excludes halogenated alkanes) is 51. The van der Waals surface area contributed by atoms with Crippen LogP contribution in [0.5, 0.6) is 0 Å². The zero-order chi connectivity index (χ0) is 74.2. The summed E-state index contributed by atoms with van der Waals surface area (Å²) in [4.78, 5) is 73.1. The van der Waals surface area contributed by atoms with Gasteiger partial charge in [0, 0.05) is 25.7 Å². The monoisotopic (exact) mass is 1480 g/mol. The zero-order valence-electron chi connectivity index (χ0n) is 66.2. The fourth-order valence-corrected chi connectivity index (χ4v) is 14.3. The van der Waals surface area contributed by atoms with E-state index in [2.05, 4.69) is 41.5 Å². The van der Waals surface area contributed by atoms with Crippen molar-refractivity contribution in [1.82, 2.24) is 0 Å². The lowest BCUT2D eigenvalue weighted by Gasteiger charge is -2.21. The molecular formula is C82H160O17P2. The Hall–Kier alpha value is -1.94. The number of carbonyl (C=O) groups excluding carboxylic acids is 4. The zero-order valence-corrected chi connectivity index (χ0v) is 68.0. The Morgan fingerprint density at radius 3 is 0.673 bits per heavy atom. The molecule has 0 bridgehead atoms. The fraction of sp³-hybridized carbons (Fsp3) is 0.951. The van der Waals surface area contributed by atoms with E-state index in [-0.39, 0.29) is 25.7 Å². The number of aliphatic hydroxyl groups excluding tert-OH is 1. The van der Waals surface area contributed by atoms with Crippen molar-refractivity contribution in [3.8, 4) is 0 Å². The summed E-state index contributed by atoms with van der Waals surface area (Å²) in [7, 11) is -9.92. The molecule has 17 nitrogen and oxygen atoms in total. The van der Waals surface area contributed by atoms with E-state index in [1.807, 2.05) is 0 Å². The molecule has 0 aliphatic carbocycles. The molecule has 19 heteroatoms. The van der Waals surface area contributed by atoms with Crippen LogP contribution in [0.25, 0.3) is 0 Å². The lowest BCUT2D eigenvalue weighted by atomic mass is 10.0. The van der Waals surface area contributed by atoms with Gasteiger partial charge in [0.2, 0.25) is 0 Å². The first-order valence-corrected chi connectivity index (χ1v) is 45.5. The Labute approximate surface area is 619 Å². The van der Waals surface area contributed by atoms with Crippen molar-refractivity contribution in [3.05, 3.63) is 0 Å². The Kier molecular flexibility index (Phi) is 72.2. The molecule has 0 aliphatic rings. The van der Waals surface area contributed by atoms with Crippen molar-refractivity contribution in [2.24, 2.45) is 11.8 Å². The lowest BCUT2D eigenvalue weighted by Crippen LogP contribution is -2.30. The van der Waals surface area contributed by atoms with Crippen molar-refractivity contribution in [2.75, 3.05) is 39.6 Å². The van der Waals surface area contributed by atoms with Gasteiger partial charge in [-0.25, -0.2) is 9.13 Å². The highest BCUT2D eigenvalue weighted by Gasteiger charge is 2.30. The van der Waals surface area contributed by atoms with E-state index < -0.39 is 97.5 Å². The topological polar surface area (TPSA) is 237 Å². The summed E-state index contributed by atoms with van der Waals surface area (Å²) in [5.74, 6) is -0.630. The van der Waals surface area contributed by atoms with Gasteiger partial charge in [0.15, 0.2) is 12.2 Å². The molecule has 0 amide bonds. The van der Waals surface area contributed by atoms with Crippen LogP contribution in [0.2, 0.25) is 0 Å².